The Balaban J connectivity index is 2.16. The average molecular weight is 279 g/mol. The molecule has 0 radical (unpaired) electrons. The molecule has 0 fully saturated rings. The van der Waals surface area contributed by atoms with Crippen LogP contribution in [0.15, 0.2) is 16.8 Å². The number of aromatic nitrogens is 3. The third-order valence-corrected chi connectivity index (χ3v) is 3.20. The molecule has 2 aromatic rings. The van der Waals surface area contributed by atoms with E-state index in [1.807, 2.05) is 12.3 Å². The van der Waals surface area contributed by atoms with Crippen LogP contribution in [0, 0.1) is 0 Å². The van der Waals surface area contributed by atoms with Crippen molar-refractivity contribution in [3.8, 4) is 6.01 Å². The lowest BCUT2D eigenvalue weighted by molar-refractivity contribution is 0.312. The first-order chi connectivity index (χ1) is 9.22. The van der Waals surface area contributed by atoms with Gasteiger partial charge < -0.3 is 15.4 Å². The Morgan fingerprint density at radius 2 is 2.11 bits per heavy atom. The number of nitrogens with one attached hydrogen (secondary N) is 2. The van der Waals surface area contributed by atoms with E-state index in [1.54, 1.807) is 18.4 Å². The second kappa shape index (κ2) is 6.33. The minimum Gasteiger partial charge on any atom is -0.464 e. The van der Waals surface area contributed by atoms with E-state index >= 15 is 0 Å². The number of hydrogen-bond donors (Lipinski definition) is 2. The first-order valence-corrected chi connectivity index (χ1v) is 7.02. The molecule has 0 saturated carbocycles. The highest BCUT2D eigenvalue weighted by atomic mass is 32.1. The van der Waals surface area contributed by atoms with Crippen molar-refractivity contribution >= 4 is 23.2 Å². The summed E-state index contributed by atoms with van der Waals surface area (Å²) in [6.45, 7) is 4.47. The van der Waals surface area contributed by atoms with Gasteiger partial charge in [-0.3, -0.25) is 0 Å². The number of hydrogen-bond acceptors (Lipinski definition) is 7. The second-order valence-corrected chi connectivity index (χ2v) is 4.65. The Labute approximate surface area is 116 Å². The summed E-state index contributed by atoms with van der Waals surface area (Å²) in [6.07, 6.45) is 0. The number of rotatable bonds is 6. The molecule has 0 aliphatic rings. The van der Waals surface area contributed by atoms with Crippen molar-refractivity contribution < 1.29 is 4.74 Å². The van der Waals surface area contributed by atoms with Gasteiger partial charge >= 0.3 is 6.01 Å². The Morgan fingerprint density at radius 1 is 1.32 bits per heavy atom. The minimum atomic E-state index is 0.132. The maximum Gasteiger partial charge on any atom is 0.323 e. The maximum atomic E-state index is 5.32. The van der Waals surface area contributed by atoms with Crippen molar-refractivity contribution in [2.24, 2.45) is 0 Å². The molecule has 102 valence electrons. The number of ether oxygens (including phenoxy) is 1. The van der Waals surface area contributed by atoms with Crippen LogP contribution in [0.3, 0.4) is 0 Å². The van der Waals surface area contributed by atoms with Gasteiger partial charge in [0.25, 0.3) is 0 Å². The van der Waals surface area contributed by atoms with E-state index in [2.05, 4.69) is 44.0 Å². The fraction of sp³-hybridized carbons (Fsp3) is 0.417. The van der Waals surface area contributed by atoms with Crippen molar-refractivity contribution in [1.82, 2.24) is 15.0 Å². The predicted octanol–water partition coefficient (Wildman–Crippen LogP) is 2.55. The van der Waals surface area contributed by atoms with E-state index < -0.39 is 0 Å². The molecule has 2 aromatic heterocycles. The Kier molecular flexibility index (Phi) is 4.51. The van der Waals surface area contributed by atoms with Gasteiger partial charge in [0.15, 0.2) is 0 Å². The van der Waals surface area contributed by atoms with Gasteiger partial charge in [0.05, 0.1) is 12.6 Å². The highest BCUT2D eigenvalue weighted by molar-refractivity contribution is 7.07. The standard InChI is InChI=1S/C12H17N5OS/c1-4-18-12-16-10(13-3)15-11(17-12)14-8(2)9-5-6-19-7-9/h5-8H,4H2,1-3H3,(H2,13,14,15,16,17). The molecule has 2 heterocycles. The quantitative estimate of drug-likeness (QED) is 0.846. The molecule has 2 rings (SSSR count). The van der Waals surface area contributed by atoms with E-state index in [0.717, 1.165) is 0 Å². The number of nitrogens with zero attached hydrogens (tertiary/aromatic N) is 3. The number of anilines is 2. The molecule has 2 N–H and O–H groups in total. The summed E-state index contributed by atoms with van der Waals surface area (Å²) in [4.78, 5) is 12.6. The van der Waals surface area contributed by atoms with Crippen molar-refractivity contribution in [1.29, 1.82) is 0 Å². The Bertz CT molecular complexity index is 517. The first-order valence-electron chi connectivity index (χ1n) is 6.08. The molecule has 6 nitrogen and oxygen atoms in total. The van der Waals surface area contributed by atoms with Gasteiger partial charge in [0.1, 0.15) is 0 Å². The molecule has 0 aliphatic carbocycles. The van der Waals surface area contributed by atoms with E-state index in [0.29, 0.717) is 24.5 Å². The Hall–Kier alpha value is -1.89. The third kappa shape index (κ3) is 3.54. The zero-order valence-corrected chi connectivity index (χ0v) is 12.0. The van der Waals surface area contributed by atoms with Crippen molar-refractivity contribution in [3.05, 3.63) is 22.4 Å². The lowest BCUT2D eigenvalue weighted by atomic mass is 10.2. The van der Waals surface area contributed by atoms with Crippen molar-refractivity contribution in [2.75, 3.05) is 24.3 Å². The molecule has 0 bridgehead atoms. The summed E-state index contributed by atoms with van der Waals surface area (Å²) in [6, 6.07) is 2.53. The third-order valence-electron chi connectivity index (χ3n) is 2.50. The lowest BCUT2D eigenvalue weighted by Gasteiger charge is -2.13. The van der Waals surface area contributed by atoms with Crippen LogP contribution in [0.1, 0.15) is 25.5 Å². The SMILES string of the molecule is CCOc1nc(NC)nc(NC(C)c2ccsc2)n1. The lowest BCUT2D eigenvalue weighted by Crippen LogP contribution is -2.12. The monoisotopic (exact) mass is 279 g/mol. The summed E-state index contributed by atoms with van der Waals surface area (Å²) in [5.74, 6) is 0.986. The highest BCUT2D eigenvalue weighted by Crippen LogP contribution is 2.20. The zero-order chi connectivity index (χ0) is 13.7. The van der Waals surface area contributed by atoms with Crippen LogP contribution in [0.2, 0.25) is 0 Å². The van der Waals surface area contributed by atoms with Crippen LogP contribution < -0.4 is 15.4 Å². The molecule has 0 aliphatic heterocycles. The van der Waals surface area contributed by atoms with Crippen molar-refractivity contribution in [3.63, 3.8) is 0 Å². The molecule has 0 spiro atoms. The average Bonchev–Trinajstić information content (AvgIpc) is 2.92. The molecule has 1 unspecified atom stereocenters. The van der Waals surface area contributed by atoms with Crippen LogP contribution in [0.25, 0.3) is 0 Å². The van der Waals surface area contributed by atoms with Crippen LogP contribution in [0.4, 0.5) is 11.9 Å². The zero-order valence-electron chi connectivity index (χ0n) is 11.2. The first kappa shape index (κ1) is 13.5. The minimum absolute atomic E-state index is 0.132. The van der Waals surface area contributed by atoms with Gasteiger partial charge in [-0.2, -0.15) is 26.3 Å². The molecular formula is C12H17N5OS. The molecule has 7 heteroatoms. The van der Waals surface area contributed by atoms with Gasteiger partial charge in [0, 0.05) is 7.05 Å². The fourth-order valence-electron chi connectivity index (χ4n) is 1.52. The van der Waals surface area contributed by atoms with E-state index in [1.165, 1.54) is 5.56 Å². The van der Waals surface area contributed by atoms with E-state index in [9.17, 15) is 0 Å². The van der Waals surface area contributed by atoms with Crippen molar-refractivity contribution in [2.45, 2.75) is 19.9 Å². The topological polar surface area (TPSA) is 72.0 Å². The smallest absolute Gasteiger partial charge is 0.323 e. The van der Waals surface area contributed by atoms with Crippen LogP contribution in [-0.2, 0) is 0 Å². The summed E-state index contributed by atoms with van der Waals surface area (Å²) in [5.41, 5.74) is 1.20. The van der Waals surface area contributed by atoms with E-state index in [-0.39, 0.29) is 6.04 Å². The predicted molar refractivity (Wildman–Crippen MR) is 76.9 cm³/mol. The molecular weight excluding hydrogens is 262 g/mol. The van der Waals surface area contributed by atoms with Gasteiger partial charge in [-0.25, -0.2) is 0 Å². The van der Waals surface area contributed by atoms with Crippen LogP contribution >= 0.6 is 11.3 Å². The normalized spacial score (nSPS) is 11.9. The summed E-state index contributed by atoms with van der Waals surface area (Å²) in [5, 5.41) is 10.3. The summed E-state index contributed by atoms with van der Waals surface area (Å²) < 4.78 is 5.32. The molecule has 19 heavy (non-hydrogen) atoms. The molecule has 0 saturated heterocycles. The molecule has 1 atom stereocenters. The largest absolute Gasteiger partial charge is 0.464 e. The van der Waals surface area contributed by atoms with Gasteiger partial charge in [0.2, 0.25) is 11.9 Å². The molecule has 0 amide bonds. The Morgan fingerprint density at radius 3 is 2.74 bits per heavy atom. The van der Waals surface area contributed by atoms with Gasteiger partial charge in [-0.1, -0.05) is 0 Å². The van der Waals surface area contributed by atoms with Crippen LogP contribution in [-0.4, -0.2) is 28.6 Å². The summed E-state index contributed by atoms with van der Waals surface area (Å²) >= 11 is 1.67. The van der Waals surface area contributed by atoms with E-state index in [4.69, 9.17) is 4.74 Å². The maximum absolute atomic E-state index is 5.32. The highest BCUT2D eigenvalue weighted by Gasteiger charge is 2.10. The summed E-state index contributed by atoms with van der Waals surface area (Å²) in [7, 11) is 1.76. The fourth-order valence-corrected chi connectivity index (χ4v) is 2.28. The van der Waals surface area contributed by atoms with Crippen LogP contribution in [0.5, 0.6) is 6.01 Å². The van der Waals surface area contributed by atoms with Gasteiger partial charge in [-0.05, 0) is 36.2 Å². The number of thiophene rings is 1. The second-order valence-electron chi connectivity index (χ2n) is 3.87. The van der Waals surface area contributed by atoms with Gasteiger partial charge in [-0.15, -0.1) is 0 Å². The molecule has 0 aromatic carbocycles.